The van der Waals surface area contributed by atoms with Crippen LogP contribution in [-0.4, -0.2) is 34.3 Å². The third kappa shape index (κ3) is 3.54. The lowest BCUT2D eigenvalue weighted by Gasteiger charge is -2.16. The molecule has 29 heavy (non-hydrogen) atoms. The maximum Gasteiger partial charge on any atom is 0.286 e. The van der Waals surface area contributed by atoms with Gasteiger partial charge in [-0.3, -0.25) is 14.2 Å². The van der Waals surface area contributed by atoms with Crippen LogP contribution in [0.25, 0.3) is 0 Å². The molecule has 2 heterocycles. The summed E-state index contributed by atoms with van der Waals surface area (Å²) >= 11 is 0. The minimum Gasteiger partial charge on any atom is -0.496 e. The molecule has 148 valence electrons. The smallest absolute Gasteiger partial charge is 0.286 e. The Morgan fingerprint density at radius 1 is 1.14 bits per heavy atom. The van der Waals surface area contributed by atoms with E-state index >= 15 is 0 Å². The van der Waals surface area contributed by atoms with Gasteiger partial charge in [0, 0.05) is 30.9 Å². The van der Waals surface area contributed by atoms with Crippen molar-refractivity contribution in [2.24, 2.45) is 0 Å². The Morgan fingerprint density at radius 2 is 1.90 bits per heavy atom. The van der Waals surface area contributed by atoms with Crippen molar-refractivity contribution in [3.05, 3.63) is 76.0 Å². The molecule has 0 saturated carbocycles. The van der Waals surface area contributed by atoms with Crippen molar-refractivity contribution in [2.45, 2.75) is 13.1 Å². The van der Waals surface area contributed by atoms with Crippen molar-refractivity contribution >= 4 is 17.5 Å². The van der Waals surface area contributed by atoms with Gasteiger partial charge in [-0.1, -0.05) is 18.2 Å². The Morgan fingerprint density at radius 3 is 2.66 bits per heavy atom. The summed E-state index contributed by atoms with van der Waals surface area (Å²) < 4.78 is 19.8. The molecular weight excluding hydrogens is 377 g/mol. The summed E-state index contributed by atoms with van der Waals surface area (Å²) in [6.45, 7) is 1.02. The molecule has 1 aliphatic heterocycles. The number of benzene rings is 2. The molecule has 0 saturated heterocycles. The Labute approximate surface area is 165 Å². The lowest BCUT2D eigenvalue weighted by molar-refractivity contribution is 0.0942. The number of carbonyl (C=O) groups excluding carboxylic acids is 1. The lowest BCUT2D eigenvalue weighted by atomic mass is 10.2. The zero-order valence-electron chi connectivity index (χ0n) is 15.6. The van der Waals surface area contributed by atoms with E-state index in [9.17, 15) is 14.0 Å². The van der Waals surface area contributed by atoms with Gasteiger partial charge in [-0.25, -0.2) is 4.39 Å². The molecule has 0 radical (unpaired) electrons. The topological polar surface area (TPSA) is 89.3 Å². The van der Waals surface area contributed by atoms with Gasteiger partial charge in [0.25, 0.3) is 11.5 Å². The van der Waals surface area contributed by atoms with Crippen molar-refractivity contribution in [3.63, 3.8) is 0 Å². The molecule has 2 aromatic carbocycles. The molecule has 4 rings (SSSR count). The first-order chi connectivity index (χ1) is 14.1. The van der Waals surface area contributed by atoms with Crippen molar-refractivity contribution < 1.29 is 13.9 Å². The molecule has 8 nitrogen and oxygen atoms in total. The van der Waals surface area contributed by atoms with E-state index in [1.807, 2.05) is 18.2 Å². The predicted molar refractivity (Wildman–Crippen MR) is 104 cm³/mol. The second-order valence-electron chi connectivity index (χ2n) is 6.43. The summed E-state index contributed by atoms with van der Waals surface area (Å²) in [6, 6.07) is 13.1. The molecule has 0 unspecified atom stereocenters. The van der Waals surface area contributed by atoms with Gasteiger partial charge in [-0.15, -0.1) is 10.2 Å². The van der Waals surface area contributed by atoms with E-state index < -0.39 is 11.5 Å². The van der Waals surface area contributed by atoms with E-state index in [1.54, 1.807) is 30.2 Å². The van der Waals surface area contributed by atoms with Crippen molar-refractivity contribution in [3.8, 4) is 5.75 Å². The predicted octanol–water partition coefficient (Wildman–Crippen LogP) is 1.87. The monoisotopic (exact) mass is 395 g/mol. The van der Waals surface area contributed by atoms with Crippen LogP contribution in [0.2, 0.25) is 0 Å². The van der Waals surface area contributed by atoms with Gasteiger partial charge >= 0.3 is 0 Å². The first-order valence-electron chi connectivity index (χ1n) is 8.99. The van der Waals surface area contributed by atoms with Crippen LogP contribution in [0, 0.1) is 5.82 Å². The van der Waals surface area contributed by atoms with E-state index in [2.05, 4.69) is 15.5 Å². The number of hydrogen-bond donors (Lipinski definition) is 1. The number of fused-ring (bicyclic) bond motifs is 1. The minimum absolute atomic E-state index is 0.188. The molecule has 1 amide bonds. The van der Waals surface area contributed by atoms with Crippen LogP contribution in [0.1, 0.15) is 16.1 Å². The fourth-order valence-electron chi connectivity index (χ4n) is 3.23. The summed E-state index contributed by atoms with van der Waals surface area (Å²) in [5.41, 5.74) is 0.682. The number of amides is 1. The van der Waals surface area contributed by atoms with Gasteiger partial charge in [0.2, 0.25) is 11.6 Å². The summed E-state index contributed by atoms with van der Waals surface area (Å²) in [5.74, 6) is 0.00445. The number of anilines is 2. The summed E-state index contributed by atoms with van der Waals surface area (Å²) in [4.78, 5) is 27.0. The first kappa shape index (κ1) is 18.6. The van der Waals surface area contributed by atoms with E-state index in [1.165, 1.54) is 16.7 Å². The standard InChI is InChI=1S/C20H18FN5O3/c1-29-16-5-3-2-4-13(16)12-22-18(27)17-19(28)26-11-10-25(20(26)24-23-17)15-8-6-14(21)7-9-15/h2-9H,10-12H2,1H3,(H,22,27). The van der Waals surface area contributed by atoms with Crippen molar-refractivity contribution in [2.75, 3.05) is 18.6 Å². The van der Waals surface area contributed by atoms with E-state index in [0.717, 1.165) is 5.56 Å². The molecule has 0 fully saturated rings. The summed E-state index contributed by atoms with van der Waals surface area (Å²) in [5, 5.41) is 10.6. The van der Waals surface area contributed by atoms with Crippen LogP contribution in [0.15, 0.2) is 53.3 Å². The molecular formula is C20H18FN5O3. The van der Waals surface area contributed by atoms with Crippen LogP contribution in [0.5, 0.6) is 5.75 Å². The van der Waals surface area contributed by atoms with Crippen LogP contribution >= 0.6 is 0 Å². The molecule has 1 aromatic heterocycles. The highest BCUT2D eigenvalue weighted by Gasteiger charge is 2.27. The van der Waals surface area contributed by atoms with Gasteiger partial charge in [0.05, 0.1) is 7.11 Å². The minimum atomic E-state index is -0.607. The fraction of sp³-hybridized carbons (Fsp3) is 0.200. The molecule has 3 aromatic rings. The highest BCUT2D eigenvalue weighted by atomic mass is 19.1. The van der Waals surface area contributed by atoms with Crippen LogP contribution in [0.3, 0.4) is 0 Å². The lowest BCUT2D eigenvalue weighted by Crippen LogP contribution is -2.34. The van der Waals surface area contributed by atoms with Gasteiger partial charge in [0.1, 0.15) is 11.6 Å². The number of nitrogens with one attached hydrogen (secondary N) is 1. The van der Waals surface area contributed by atoms with Crippen molar-refractivity contribution in [1.29, 1.82) is 0 Å². The average molecular weight is 395 g/mol. The number of hydrogen-bond acceptors (Lipinski definition) is 6. The molecule has 1 N–H and O–H groups in total. The summed E-state index contributed by atoms with van der Waals surface area (Å²) in [6.07, 6.45) is 0. The Hall–Kier alpha value is -3.75. The SMILES string of the molecule is COc1ccccc1CNC(=O)c1nnc2n(c1=O)CCN2c1ccc(F)cc1. The van der Waals surface area contributed by atoms with E-state index in [0.29, 0.717) is 30.5 Å². The first-order valence-corrected chi connectivity index (χ1v) is 8.99. The van der Waals surface area contributed by atoms with Gasteiger partial charge in [0.15, 0.2) is 0 Å². The molecule has 0 aliphatic carbocycles. The number of rotatable bonds is 5. The zero-order chi connectivity index (χ0) is 20.4. The van der Waals surface area contributed by atoms with E-state index in [4.69, 9.17) is 4.74 Å². The summed E-state index contributed by atoms with van der Waals surface area (Å²) in [7, 11) is 1.55. The van der Waals surface area contributed by atoms with Crippen LogP contribution < -0.4 is 20.5 Å². The molecule has 0 bridgehead atoms. The normalized spacial score (nSPS) is 12.6. The number of nitrogens with zero attached hydrogens (tertiary/aromatic N) is 4. The Balaban J connectivity index is 1.55. The number of halogens is 1. The number of methoxy groups -OCH3 is 1. The van der Waals surface area contributed by atoms with Gasteiger partial charge < -0.3 is 15.0 Å². The van der Waals surface area contributed by atoms with Gasteiger partial charge in [-0.05, 0) is 30.3 Å². The highest BCUT2D eigenvalue weighted by Crippen LogP contribution is 2.26. The number of carbonyl (C=O) groups is 1. The van der Waals surface area contributed by atoms with Gasteiger partial charge in [-0.2, -0.15) is 0 Å². The number of ether oxygens (including phenoxy) is 1. The molecule has 0 spiro atoms. The third-order valence-electron chi connectivity index (χ3n) is 4.70. The van der Waals surface area contributed by atoms with E-state index in [-0.39, 0.29) is 18.1 Å². The Kier molecular flexibility index (Phi) is 4.94. The average Bonchev–Trinajstić information content (AvgIpc) is 3.18. The molecule has 0 atom stereocenters. The molecule has 1 aliphatic rings. The quantitative estimate of drug-likeness (QED) is 0.710. The van der Waals surface area contributed by atoms with Crippen LogP contribution in [-0.2, 0) is 13.1 Å². The second kappa shape index (κ2) is 7.70. The third-order valence-corrected chi connectivity index (χ3v) is 4.70. The zero-order valence-corrected chi connectivity index (χ0v) is 15.6. The number of para-hydroxylation sites is 1. The Bertz CT molecular complexity index is 1110. The highest BCUT2D eigenvalue weighted by molar-refractivity contribution is 5.91. The number of aromatic nitrogens is 3. The maximum absolute atomic E-state index is 13.2. The van der Waals surface area contributed by atoms with Crippen molar-refractivity contribution in [1.82, 2.24) is 20.1 Å². The maximum atomic E-state index is 13.2. The molecule has 9 heteroatoms. The second-order valence-corrected chi connectivity index (χ2v) is 6.43. The van der Waals surface area contributed by atoms with Crippen LogP contribution in [0.4, 0.5) is 16.0 Å². The largest absolute Gasteiger partial charge is 0.496 e. The fourth-order valence-corrected chi connectivity index (χ4v) is 3.23.